The first-order valence-corrected chi connectivity index (χ1v) is 6.29. The summed E-state index contributed by atoms with van der Waals surface area (Å²) in [6.45, 7) is 0.234. The summed E-state index contributed by atoms with van der Waals surface area (Å²) >= 11 is 5.48. The van der Waals surface area contributed by atoms with E-state index in [9.17, 15) is 4.79 Å². The van der Waals surface area contributed by atoms with Crippen LogP contribution in [-0.4, -0.2) is 18.5 Å². The van der Waals surface area contributed by atoms with Crippen molar-refractivity contribution in [2.45, 2.75) is 12.8 Å². The number of unbranched alkanes of at least 4 members (excludes halogenated alkanes) is 1. The standard InChI is InChI=1S/C15H15ClO2/c16-12-6-2-5-11-15(17)18-13-7-10-14-8-3-1-4-9-14/h1,3-4,7-10H,2,6,12-13H2/b10-7+. The molecule has 0 aliphatic carbocycles. The molecule has 1 aromatic rings. The number of benzene rings is 1. The monoisotopic (exact) mass is 262 g/mol. The molecule has 18 heavy (non-hydrogen) atoms. The summed E-state index contributed by atoms with van der Waals surface area (Å²) in [5, 5.41) is 0. The number of rotatable bonds is 5. The van der Waals surface area contributed by atoms with Crippen LogP contribution in [-0.2, 0) is 9.53 Å². The van der Waals surface area contributed by atoms with E-state index in [-0.39, 0.29) is 6.61 Å². The molecule has 0 aliphatic heterocycles. The van der Waals surface area contributed by atoms with Crippen LogP contribution in [0.25, 0.3) is 6.08 Å². The molecule has 0 atom stereocenters. The van der Waals surface area contributed by atoms with Crippen molar-refractivity contribution in [3.05, 3.63) is 42.0 Å². The smallest absolute Gasteiger partial charge is 0.384 e. The Morgan fingerprint density at radius 2 is 2.11 bits per heavy atom. The van der Waals surface area contributed by atoms with Crippen LogP contribution in [0.15, 0.2) is 36.4 Å². The maximum Gasteiger partial charge on any atom is 0.384 e. The minimum atomic E-state index is -0.498. The van der Waals surface area contributed by atoms with Gasteiger partial charge >= 0.3 is 5.97 Å². The molecular weight excluding hydrogens is 248 g/mol. The molecule has 0 aromatic heterocycles. The molecule has 3 heteroatoms. The Morgan fingerprint density at radius 3 is 2.83 bits per heavy atom. The summed E-state index contributed by atoms with van der Waals surface area (Å²) in [5.74, 6) is 5.19. The lowest BCUT2D eigenvalue weighted by Gasteiger charge is -1.94. The molecule has 0 aliphatic rings. The van der Waals surface area contributed by atoms with Crippen molar-refractivity contribution >= 4 is 23.6 Å². The number of halogens is 1. The van der Waals surface area contributed by atoms with Gasteiger partial charge in [-0.05, 0) is 18.1 Å². The molecule has 0 saturated carbocycles. The average molecular weight is 263 g/mol. The SMILES string of the molecule is O=C(C#CCCCCl)OC/C=C/c1ccccc1. The Balaban J connectivity index is 2.22. The fourth-order valence-corrected chi connectivity index (χ4v) is 1.33. The molecule has 94 valence electrons. The molecule has 0 saturated heterocycles. The van der Waals surface area contributed by atoms with E-state index in [1.807, 2.05) is 36.4 Å². The zero-order valence-electron chi connectivity index (χ0n) is 10.1. The molecule has 0 heterocycles. The van der Waals surface area contributed by atoms with Gasteiger partial charge in [-0.15, -0.1) is 11.6 Å². The molecule has 0 fully saturated rings. The van der Waals surface area contributed by atoms with Gasteiger partial charge in [-0.1, -0.05) is 42.3 Å². The number of carbonyl (C=O) groups excluding carboxylic acids is 1. The van der Waals surface area contributed by atoms with Gasteiger partial charge < -0.3 is 4.74 Å². The van der Waals surface area contributed by atoms with Crippen LogP contribution in [0.2, 0.25) is 0 Å². The van der Waals surface area contributed by atoms with Crippen LogP contribution < -0.4 is 0 Å². The zero-order valence-corrected chi connectivity index (χ0v) is 10.8. The number of esters is 1. The Hall–Kier alpha value is -1.72. The van der Waals surface area contributed by atoms with E-state index in [1.54, 1.807) is 6.08 Å². The lowest BCUT2D eigenvalue weighted by atomic mass is 10.2. The van der Waals surface area contributed by atoms with E-state index >= 15 is 0 Å². The Bertz CT molecular complexity index is 441. The molecule has 0 amide bonds. The zero-order chi connectivity index (χ0) is 13.1. The molecule has 2 nitrogen and oxygen atoms in total. The Morgan fingerprint density at radius 1 is 1.33 bits per heavy atom. The summed E-state index contributed by atoms with van der Waals surface area (Å²) in [6, 6.07) is 9.81. The van der Waals surface area contributed by atoms with E-state index < -0.39 is 5.97 Å². The van der Waals surface area contributed by atoms with Crippen molar-refractivity contribution < 1.29 is 9.53 Å². The van der Waals surface area contributed by atoms with Gasteiger partial charge in [0.2, 0.25) is 0 Å². The topological polar surface area (TPSA) is 26.3 Å². The third-order valence-electron chi connectivity index (χ3n) is 2.05. The number of alkyl halides is 1. The fourth-order valence-electron chi connectivity index (χ4n) is 1.20. The first-order chi connectivity index (χ1) is 8.83. The van der Waals surface area contributed by atoms with E-state index in [1.165, 1.54) is 0 Å². The number of carbonyl (C=O) groups is 1. The number of ether oxygens (including phenoxy) is 1. The van der Waals surface area contributed by atoms with Gasteiger partial charge in [0.1, 0.15) is 6.61 Å². The van der Waals surface area contributed by atoms with Crippen LogP contribution in [0, 0.1) is 11.8 Å². The van der Waals surface area contributed by atoms with Gasteiger partial charge in [0.25, 0.3) is 0 Å². The van der Waals surface area contributed by atoms with Crippen LogP contribution in [0.4, 0.5) is 0 Å². The van der Waals surface area contributed by atoms with Crippen molar-refractivity contribution in [2.24, 2.45) is 0 Å². The summed E-state index contributed by atoms with van der Waals surface area (Å²) in [7, 11) is 0. The highest BCUT2D eigenvalue weighted by Crippen LogP contribution is 2.00. The Kier molecular flexibility index (Phi) is 7.43. The first kappa shape index (κ1) is 14.3. The van der Waals surface area contributed by atoms with Crippen molar-refractivity contribution in [2.75, 3.05) is 12.5 Å². The predicted octanol–water partition coefficient (Wildman–Crippen LogP) is 3.27. The summed E-state index contributed by atoms with van der Waals surface area (Å²) in [5.41, 5.74) is 1.07. The average Bonchev–Trinajstić information content (AvgIpc) is 2.41. The van der Waals surface area contributed by atoms with Gasteiger partial charge in [-0.25, -0.2) is 4.79 Å². The molecule has 0 spiro atoms. The van der Waals surface area contributed by atoms with Crippen molar-refractivity contribution in [3.8, 4) is 11.8 Å². The maximum atomic E-state index is 11.2. The van der Waals surface area contributed by atoms with Gasteiger partial charge in [0, 0.05) is 18.2 Å². The predicted molar refractivity (Wildman–Crippen MR) is 74.2 cm³/mol. The Labute approximate surface area is 113 Å². The van der Waals surface area contributed by atoms with Gasteiger partial charge in [-0.2, -0.15) is 0 Å². The van der Waals surface area contributed by atoms with Crippen molar-refractivity contribution in [1.29, 1.82) is 0 Å². The molecule has 1 rings (SSSR count). The molecule has 0 bridgehead atoms. The second kappa shape index (κ2) is 9.32. The lowest BCUT2D eigenvalue weighted by Crippen LogP contribution is -2.00. The van der Waals surface area contributed by atoms with E-state index in [0.717, 1.165) is 12.0 Å². The minimum Gasteiger partial charge on any atom is -0.452 e. The second-order valence-electron chi connectivity index (χ2n) is 3.51. The quantitative estimate of drug-likeness (QED) is 0.268. The van der Waals surface area contributed by atoms with Crippen molar-refractivity contribution in [1.82, 2.24) is 0 Å². The summed E-state index contributed by atoms with van der Waals surface area (Å²) in [4.78, 5) is 11.2. The van der Waals surface area contributed by atoms with E-state index in [0.29, 0.717) is 12.3 Å². The fraction of sp³-hybridized carbons (Fsp3) is 0.267. The molecule has 1 aromatic carbocycles. The summed E-state index contributed by atoms with van der Waals surface area (Å²) in [6.07, 6.45) is 5.09. The van der Waals surface area contributed by atoms with Crippen molar-refractivity contribution in [3.63, 3.8) is 0 Å². The second-order valence-corrected chi connectivity index (χ2v) is 3.88. The van der Waals surface area contributed by atoms with Gasteiger partial charge in [0.15, 0.2) is 0 Å². The normalized spacial score (nSPS) is 9.83. The highest BCUT2D eigenvalue weighted by Gasteiger charge is 1.93. The van der Waals surface area contributed by atoms with Crippen LogP contribution in [0.5, 0.6) is 0 Å². The van der Waals surface area contributed by atoms with Crippen LogP contribution in [0.3, 0.4) is 0 Å². The maximum absolute atomic E-state index is 11.2. The third-order valence-corrected chi connectivity index (χ3v) is 2.31. The third kappa shape index (κ3) is 6.78. The van der Waals surface area contributed by atoms with Gasteiger partial charge in [-0.3, -0.25) is 0 Å². The van der Waals surface area contributed by atoms with Crippen LogP contribution in [0.1, 0.15) is 18.4 Å². The minimum absolute atomic E-state index is 0.234. The van der Waals surface area contributed by atoms with Crippen LogP contribution >= 0.6 is 11.6 Å². The van der Waals surface area contributed by atoms with Gasteiger partial charge in [0.05, 0.1) is 0 Å². The summed E-state index contributed by atoms with van der Waals surface area (Å²) < 4.78 is 4.91. The number of hydrogen-bond acceptors (Lipinski definition) is 2. The molecule has 0 N–H and O–H groups in total. The van der Waals surface area contributed by atoms with E-state index in [2.05, 4.69) is 11.8 Å². The molecular formula is C15H15ClO2. The highest BCUT2D eigenvalue weighted by atomic mass is 35.5. The highest BCUT2D eigenvalue weighted by molar-refractivity contribution is 6.17. The van der Waals surface area contributed by atoms with E-state index in [4.69, 9.17) is 16.3 Å². The number of hydrogen-bond donors (Lipinski definition) is 0. The molecule has 0 radical (unpaired) electrons. The first-order valence-electron chi connectivity index (χ1n) is 5.76. The lowest BCUT2D eigenvalue weighted by molar-refractivity contribution is -0.135. The largest absolute Gasteiger partial charge is 0.452 e. The molecule has 0 unspecified atom stereocenters.